The third kappa shape index (κ3) is 3.78. The van der Waals surface area contributed by atoms with E-state index < -0.39 is 17.7 Å². The summed E-state index contributed by atoms with van der Waals surface area (Å²) in [4.78, 5) is 0. The van der Waals surface area contributed by atoms with E-state index in [1.807, 2.05) is 25.1 Å². The minimum absolute atomic E-state index is 0.251. The van der Waals surface area contributed by atoms with Crippen molar-refractivity contribution in [3.05, 3.63) is 69.7 Å². The number of rotatable bonds is 4. The fraction of sp³-hybridized carbons (Fsp3) is 0.250. The molecular formula is C16H15ClF2O. The van der Waals surface area contributed by atoms with Crippen LogP contribution in [0.3, 0.4) is 0 Å². The normalized spacial score (nSPS) is 12.4. The average molecular weight is 297 g/mol. The van der Waals surface area contributed by atoms with E-state index in [4.69, 9.17) is 11.6 Å². The quantitative estimate of drug-likeness (QED) is 0.901. The fourth-order valence-electron chi connectivity index (χ4n) is 2.08. The Morgan fingerprint density at radius 2 is 1.80 bits per heavy atom. The van der Waals surface area contributed by atoms with Gasteiger partial charge in [0.05, 0.1) is 6.10 Å². The second-order valence-corrected chi connectivity index (χ2v) is 5.31. The molecule has 0 fully saturated rings. The van der Waals surface area contributed by atoms with Crippen LogP contribution in [0.5, 0.6) is 0 Å². The lowest BCUT2D eigenvalue weighted by Crippen LogP contribution is -2.14. The Morgan fingerprint density at radius 3 is 2.45 bits per heavy atom. The molecule has 0 spiro atoms. The second kappa shape index (κ2) is 6.33. The number of halogens is 3. The van der Waals surface area contributed by atoms with Crippen LogP contribution in [0.1, 0.15) is 16.7 Å². The van der Waals surface area contributed by atoms with Gasteiger partial charge in [-0.3, -0.25) is 0 Å². The van der Waals surface area contributed by atoms with E-state index in [2.05, 4.69) is 0 Å². The van der Waals surface area contributed by atoms with E-state index in [0.29, 0.717) is 17.0 Å². The Bertz CT molecular complexity index is 613. The number of aryl methyl sites for hydroxylation is 1. The molecule has 0 aliphatic rings. The van der Waals surface area contributed by atoms with Crippen molar-refractivity contribution in [1.29, 1.82) is 0 Å². The smallest absolute Gasteiger partial charge is 0.159 e. The van der Waals surface area contributed by atoms with Crippen molar-refractivity contribution in [1.82, 2.24) is 0 Å². The Balaban J connectivity index is 2.04. The van der Waals surface area contributed by atoms with Crippen LogP contribution < -0.4 is 0 Å². The summed E-state index contributed by atoms with van der Waals surface area (Å²) in [6.45, 7) is 1.94. The predicted molar refractivity (Wildman–Crippen MR) is 76.0 cm³/mol. The summed E-state index contributed by atoms with van der Waals surface area (Å²) in [6, 6.07) is 9.27. The first-order valence-corrected chi connectivity index (χ1v) is 6.70. The molecule has 20 heavy (non-hydrogen) atoms. The summed E-state index contributed by atoms with van der Waals surface area (Å²) >= 11 is 6.10. The zero-order valence-electron chi connectivity index (χ0n) is 11.0. The highest BCUT2D eigenvalue weighted by atomic mass is 35.5. The second-order valence-electron chi connectivity index (χ2n) is 4.91. The van der Waals surface area contributed by atoms with Gasteiger partial charge in [-0.1, -0.05) is 29.8 Å². The van der Waals surface area contributed by atoms with Gasteiger partial charge in [0.15, 0.2) is 11.6 Å². The van der Waals surface area contributed by atoms with Gasteiger partial charge < -0.3 is 5.11 Å². The molecule has 0 saturated heterocycles. The van der Waals surface area contributed by atoms with Crippen LogP contribution >= 0.6 is 11.6 Å². The monoisotopic (exact) mass is 296 g/mol. The summed E-state index contributed by atoms with van der Waals surface area (Å²) in [6.07, 6.45) is -0.0699. The molecule has 0 amide bonds. The highest BCUT2D eigenvalue weighted by Crippen LogP contribution is 2.20. The summed E-state index contributed by atoms with van der Waals surface area (Å²) in [5, 5.41) is 10.6. The number of hydrogen-bond donors (Lipinski definition) is 1. The van der Waals surface area contributed by atoms with E-state index in [-0.39, 0.29) is 6.42 Å². The van der Waals surface area contributed by atoms with E-state index in [9.17, 15) is 13.9 Å². The van der Waals surface area contributed by atoms with Gasteiger partial charge in [0.2, 0.25) is 0 Å². The van der Waals surface area contributed by atoms with Crippen molar-refractivity contribution in [2.24, 2.45) is 0 Å². The average Bonchev–Trinajstić information content (AvgIpc) is 2.37. The largest absolute Gasteiger partial charge is 0.392 e. The molecule has 0 heterocycles. The van der Waals surface area contributed by atoms with Crippen molar-refractivity contribution in [3.63, 3.8) is 0 Å². The molecule has 2 aromatic rings. The maximum atomic E-state index is 13.1. The van der Waals surface area contributed by atoms with Gasteiger partial charge in [0.1, 0.15) is 0 Å². The third-order valence-electron chi connectivity index (χ3n) is 3.12. The van der Waals surface area contributed by atoms with Crippen LogP contribution in [-0.2, 0) is 12.8 Å². The molecule has 0 saturated carbocycles. The van der Waals surface area contributed by atoms with Gasteiger partial charge in [-0.15, -0.1) is 0 Å². The Kier molecular flexibility index (Phi) is 4.73. The fourth-order valence-corrected chi connectivity index (χ4v) is 2.39. The van der Waals surface area contributed by atoms with Crippen LogP contribution in [0.4, 0.5) is 8.78 Å². The van der Waals surface area contributed by atoms with Crippen LogP contribution in [0.15, 0.2) is 36.4 Å². The number of aliphatic hydroxyl groups excluding tert-OH is 1. The molecule has 0 aliphatic heterocycles. The molecule has 1 N–H and O–H groups in total. The SMILES string of the molecule is Cc1ccc(CC(O)Cc2ccc(F)c(F)c2)c(Cl)c1. The van der Waals surface area contributed by atoms with E-state index >= 15 is 0 Å². The predicted octanol–water partition coefficient (Wildman–Crippen LogP) is 4.07. The third-order valence-corrected chi connectivity index (χ3v) is 3.47. The first kappa shape index (κ1) is 14.9. The number of benzene rings is 2. The Labute approximate surface area is 121 Å². The molecule has 2 aromatic carbocycles. The lowest BCUT2D eigenvalue weighted by Gasteiger charge is -2.12. The van der Waals surface area contributed by atoms with Gasteiger partial charge in [0.25, 0.3) is 0 Å². The van der Waals surface area contributed by atoms with Gasteiger partial charge >= 0.3 is 0 Å². The molecule has 0 aromatic heterocycles. The van der Waals surface area contributed by atoms with Crippen molar-refractivity contribution in [2.75, 3.05) is 0 Å². The summed E-state index contributed by atoms with van der Waals surface area (Å²) in [5.41, 5.74) is 2.45. The first-order valence-electron chi connectivity index (χ1n) is 6.32. The van der Waals surface area contributed by atoms with Gasteiger partial charge in [-0.2, -0.15) is 0 Å². The van der Waals surface area contributed by atoms with Crippen molar-refractivity contribution in [3.8, 4) is 0 Å². The van der Waals surface area contributed by atoms with Crippen molar-refractivity contribution in [2.45, 2.75) is 25.9 Å². The van der Waals surface area contributed by atoms with Crippen molar-refractivity contribution < 1.29 is 13.9 Å². The van der Waals surface area contributed by atoms with Crippen LogP contribution in [0, 0.1) is 18.6 Å². The molecule has 1 atom stereocenters. The molecule has 2 rings (SSSR count). The Morgan fingerprint density at radius 1 is 1.05 bits per heavy atom. The Hall–Kier alpha value is -1.45. The highest BCUT2D eigenvalue weighted by Gasteiger charge is 2.11. The molecule has 4 heteroatoms. The summed E-state index contributed by atoms with van der Waals surface area (Å²) in [5.74, 6) is -1.78. The van der Waals surface area contributed by atoms with Crippen LogP contribution in [0.25, 0.3) is 0 Å². The standard InChI is InChI=1S/C16H15ClF2O/c1-10-2-4-12(14(17)6-10)9-13(20)7-11-3-5-15(18)16(19)8-11/h2-6,8,13,20H,7,9H2,1H3. The molecule has 0 aliphatic carbocycles. The maximum absolute atomic E-state index is 13.1. The lowest BCUT2D eigenvalue weighted by atomic mass is 10.0. The molecule has 106 valence electrons. The molecule has 0 radical (unpaired) electrons. The minimum Gasteiger partial charge on any atom is -0.392 e. The van der Waals surface area contributed by atoms with E-state index in [0.717, 1.165) is 23.3 Å². The van der Waals surface area contributed by atoms with Crippen molar-refractivity contribution >= 4 is 11.6 Å². The van der Waals surface area contributed by atoms with Gasteiger partial charge in [0, 0.05) is 11.4 Å². The number of aliphatic hydroxyl groups is 1. The molecule has 1 nitrogen and oxygen atoms in total. The van der Waals surface area contributed by atoms with E-state index in [1.54, 1.807) is 0 Å². The molecule has 1 unspecified atom stereocenters. The maximum Gasteiger partial charge on any atom is 0.159 e. The topological polar surface area (TPSA) is 20.2 Å². The van der Waals surface area contributed by atoms with E-state index in [1.165, 1.54) is 6.07 Å². The zero-order valence-corrected chi connectivity index (χ0v) is 11.8. The van der Waals surface area contributed by atoms with Crippen LogP contribution in [-0.4, -0.2) is 11.2 Å². The van der Waals surface area contributed by atoms with Crippen LogP contribution in [0.2, 0.25) is 5.02 Å². The highest BCUT2D eigenvalue weighted by molar-refractivity contribution is 6.31. The zero-order chi connectivity index (χ0) is 14.7. The first-order chi connectivity index (χ1) is 9.45. The number of hydrogen-bond acceptors (Lipinski definition) is 1. The summed E-state index contributed by atoms with van der Waals surface area (Å²) in [7, 11) is 0. The summed E-state index contributed by atoms with van der Waals surface area (Å²) < 4.78 is 25.9. The lowest BCUT2D eigenvalue weighted by molar-refractivity contribution is 0.175. The van der Waals surface area contributed by atoms with Gasteiger partial charge in [-0.05, 0) is 48.2 Å². The molecule has 0 bridgehead atoms. The van der Waals surface area contributed by atoms with Gasteiger partial charge in [-0.25, -0.2) is 8.78 Å². The minimum atomic E-state index is -0.900. The molecular weight excluding hydrogens is 282 g/mol.